The number of nitrogens with one attached hydrogen (secondary N) is 1. The molecule has 158 valence electrons. The van der Waals surface area contributed by atoms with Gasteiger partial charge in [-0.2, -0.15) is 0 Å². The highest BCUT2D eigenvalue weighted by Crippen LogP contribution is 2.38. The van der Waals surface area contributed by atoms with E-state index in [0.29, 0.717) is 17.2 Å². The maximum Gasteiger partial charge on any atom is 0.248 e. The number of anilines is 1. The summed E-state index contributed by atoms with van der Waals surface area (Å²) < 4.78 is 16.1. The van der Waals surface area contributed by atoms with Crippen molar-refractivity contribution in [3.05, 3.63) is 89.5 Å². The van der Waals surface area contributed by atoms with Crippen molar-refractivity contribution in [3.8, 4) is 17.2 Å². The first-order valence-corrected chi connectivity index (χ1v) is 9.75. The maximum absolute atomic E-state index is 12.2. The van der Waals surface area contributed by atoms with Crippen LogP contribution in [0.5, 0.6) is 17.2 Å². The van der Waals surface area contributed by atoms with E-state index < -0.39 is 0 Å². The highest BCUT2D eigenvalue weighted by molar-refractivity contribution is 6.02. The minimum atomic E-state index is -0.186. The second kappa shape index (κ2) is 10.7. The van der Waals surface area contributed by atoms with Crippen molar-refractivity contribution in [3.63, 3.8) is 0 Å². The zero-order valence-corrected chi connectivity index (χ0v) is 17.8. The summed E-state index contributed by atoms with van der Waals surface area (Å²) in [5, 5.41) is 2.89. The predicted octanol–water partition coefficient (Wildman–Crippen LogP) is 5.53. The van der Waals surface area contributed by atoms with Crippen LogP contribution in [0.4, 0.5) is 5.69 Å². The first-order chi connectivity index (χ1) is 15.1. The highest BCUT2D eigenvalue weighted by Gasteiger charge is 2.12. The number of hydrogen-bond acceptors (Lipinski definition) is 4. The van der Waals surface area contributed by atoms with Crippen molar-refractivity contribution in [2.24, 2.45) is 0 Å². The van der Waals surface area contributed by atoms with Gasteiger partial charge in [-0.1, -0.05) is 54.6 Å². The maximum atomic E-state index is 12.2. The number of hydrogen-bond donors (Lipinski definition) is 1. The first kappa shape index (κ1) is 21.7. The van der Waals surface area contributed by atoms with E-state index in [1.165, 1.54) is 6.08 Å². The van der Waals surface area contributed by atoms with Crippen molar-refractivity contribution >= 4 is 29.8 Å². The third-order valence-electron chi connectivity index (χ3n) is 4.54. The molecule has 1 amide bonds. The second-order valence-corrected chi connectivity index (χ2v) is 6.65. The molecule has 0 spiro atoms. The molecule has 0 unspecified atom stereocenters. The van der Waals surface area contributed by atoms with Crippen molar-refractivity contribution in [1.29, 1.82) is 0 Å². The molecule has 3 rings (SSSR count). The van der Waals surface area contributed by atoms with E-state index in [0.717, 1.165) is 22.4 Å². The third kappa shape index (κ3) is 6.00. The Bertz CT molecular complexity index is 1060. The van der Waals surface area contributed by atoms with Crippen LogP contribution >= 0.6 is 0 Å². The zero-order chi connectivity index (χ0) is 22.1. The largest absolute Gasteiger partial charge is 0.493 e. The van der Waals surface area contributed by atoms with Crippen LogP contribution in [0.1, 0.15) is 16.7 Å². The Morgan fingerprint density at radius 2 is 1.35 bits per heavy atom. The molecule has 0 atom stereocenters. The summed E-state index contributed by atoms with van der Waals surface area (Å²) in [6.07, 6.45) is 7.20. The summed E-state index contributed by atoms with van der Waals surface area (Å²) in [5.41, 5.74) is 3.53. The molecule has 31 heavy (non-hydrogen) atoms. The van der Waals surface area contributed by atoms with Gasteiger partial charge in [-0.25, -0.2) is 0 Å². The number of carbonyl (C=O) groups is 1. The lowest BCUT2D eigenvalue weighted by Crippen LogP contribution is -2.07. The summed E-state index contributed by atoms with van der Waals surface area (Å²) in [5.74, 6) is 1.55. The minimum absolute atomic E-state index is 0.186. The molecule has 1 N–H and O–H groups in total. The Balaban J connectivity index is 1.72. The van der Waals surface area contributed by atoms with Crippen LogP contribution in [0, 0.1) is 0 Å². The number of amides is 1. The molecule has 5 heteroatoms. The lowest BCUT2D eigenvalue weighted by Gasteiger charge is -2.12. The zero-order valence-electron chi connectivity index (χ0n) is 17.8. The van der Waals surface area contributed by atoms with Gasteiger partial charge in [0, 0.05) is 11.8 Å². The van der Waals surface area contributed by atoms with E-state index in [1.54, 1.807) is 27.4 Å². The van der Waals surface area contributed by atoms with Gasteiger partial charge in [0.05, 0.1) is 21.3 Å². The standard InChI is InChI=1S/C26H25NO4/c1-29-23-17-21(18-24(30-2)26(23)31-3)13-12-20-10-7-11-22(16-20)27-25(28)15-14-19-8-5-4-6-9-19/h4-18H,1-3H3,(H,27,28)/b13-12?,15-14+. The normalized spacial score (nSPS) is 10.9. The molecule has 0 bridgehead atoms. The Kier molecular flexibility index (Phi) is 7.49. The van der Waals surface area contributed by atoms with Crippen molar-refractivity contribution < 1.29 is 19.0 Å². The quantitative estimate of drug-likeness (QED) is 0.388. The van der Waals surface area contributed by atoms with E-state index >= 15 is 0 Å². The number of rotatable bonds is 8. The van der Waals surface area contributed by atoms with Crippen LogP contribution in [0.25, 0.3) is 18.2 Å². The van der Waals surface area contributed by atoms with Gasteiger partial charge in [0.25, 0.3) is 0 Å². The van der Waals surface area contributed by atoms with Gasteiger partial charge in [0.2, 0.25) is 11.7 Å². The molecule has 0 saturated heterocycles. The molecular weight excluding hydrogens is 390 g/mol. The second-order valence-electron chi connectivity index (χ2n) is 6.65. The summed E-state index contributed by atoms with van der Waals surface area (Å²) in [6, 6.07) is 21.0. The third-order valence-corrected chi connectivity index (χ3v) is 4.54. The summed E-state index contributed by atoms with van der Waals surface area (Å²) in [6.45, 7) is 0. The molecule has 0 aliphatic carbocycles. The van der Waals surface area contributed by atoms with Gasteiger partial charge in [-0.15, -0.1) is 0 Å². The summed E-state index contributed by atoms with van der Waals surface area (Å²) >= 11 is 0. The Labute approximate surface area is 182 Å². The molecule has 3 aromatic rings. The van der Waals surface area contributed by atoms with E-state index in [2.05, 4.69) is 5.32 Å². The molecule has 0 fully saturated rings. The lowest BCUT2D eigenvalue weighted by atomic mass is 10.1. The van der Waals surface area contributed by atoms with Gasteiger partial charge in [-0.05, 0) is 47.0 Å². The van der Waals surface area contributed by atoms with Crippen molar-refractivity contribution in [2.75, 3.05) is 26.6 Å². The van der Waals surface area contributed by atoms with Crippen LogP contribution in [0.3, 0.4) is 0 Å². The number of benzene rings is 3. The Morgan fingerprint density at radius 3 is 2.00 bits per heavy atom. The van der Waals surface area contributed by atoms with Crippen LogP contribution in [0.2, 0.25) is 0 Å². The Hall–Kier alpha value is -3.99. The van der Waals surface area contributed by atoms with Crippen LogP contribution < -0.4 is 19.5 Å². The number of ether oxygens (including phenoxy) is 3. The lowest BCUT2D eigenvalue weighted by molar-refractivity contribution is -0.111. The molecular formula is C26H25NO4. The van der Waals surface area contributed by atoms with E-state index in [9.17, 15) is 4.79 Å². The average Bonchev–Trinajstić information content (AvgIpc) is 2.81. The van der Waals surface area contributed by atoms with E-state index in [-0.39, 0.29) is 5.91 Å². The smallest absolute Gasteiger partial charge is 0.248 e. The fourth-order valence-corrected chi connectivity index (χ4v) is 3.03. The average molecular weight is 415 g/mol. The van der Waals surface area contributed by atoms with Gasteiger partial charge in [0.1, 0.15) is 0 Å². The monoisotopic (exact) mass is 415 g/mol. The molecule has 0 aliphatic rings. The Morgan fingerprint density at radius 1 is 0.710 bits per heavy atom. The summed E-state index contributed by atoms with van der Waals surface area (Å²) in [7, 11) is 4.75. The first-order valence-electron chi connectivity index (χ1n) is 9.75. The number of carbonyl (C=O) groups excluding carboxylic acids is 1. The SMILES string of the molecule is COc1cc(C=Cc2cccc(NC(=O)/C=C/c3ccccc3)c2)cc(OC)c1OC. The topological polar surface area (TPSA) is 56.8 Å². The molecule has 3 aromatic carbocycles. The van der Waals surface area contributed by atoms with Crippen molar-refractivity contribution in [1.82, 2.24) is 0 Å². The molecule has 5 nitrogen and oxygen atoms in total. The van der Waals surface area contributed by atoms with Crippen LogP contribution in [0.15, 0.2) is 72.8 Å². The van der Waals surface area contributed by atoms with Gasteiger partial charge in [-0.3, -0.25) is 4.79 Å². The molecule has 0 radical (unpaired) electrons. The molecule has 0 heterocycles. The van der Waals surface area contributed by atoms with Crippen LogP contribution in [-0.2, 0) is 4.79 Å². The van der Waals surface area contributed by atoms with Gasteiger partial charge >= 0.3 is 0 Å². The summed E-state index contributed by atoms with van der Waals surface area (Å²) in [4.78, 5) is 12.2. The van der Waals surface area contributed by atoms with E-state index in [1.807, 2.05) is 78.9 Å². The minimum Gasteiger partial charge on any atom is -0.493 e. The van der Waals surface area contributed by atoms with Crippen LogP contribution in [-0.4, -0.2) is 27.2 Å². The van der Waals surface area contributed by atoms with Gasteiger partial charge in [0.15, 0.2) is 11.5 Å². The fourth-order valence-electron chi connectivity index (χ4n) is 3.03. The van der Waals surface area contributed by atoms with Crippen molar-refractivity contribution in [2.45, 2.75) is 0 Å². The van der Waals surface area contributed by atoms with E-state index in [4.69, 9.17) is 14.2 Å². The van der Waals surface area contributed by atoms with Gasteiger partial charge < -0.3 is 19.5 Å². The fraction of sp³-hybridized carbons (Fsp3) is 0.115. The number of methoxy groups -OCH3 is 3. The molecule has 0 aliphatic heterocycles. The molecule has 0 aromatic heterocycles. The molecule has 0 saturated carbocycles. The predicted molar refractivity (Wildman–Crippen MR) is 126 cm³/mol. The highest BCUT2D eigenvalue weighted by atomic mass is 16.5.